The van der Waals surface area contributed by atoms with Gasteiger partial charge in [0.25, 0.3) is 0 Å². The molecule has 0 fully saturated rings. The van der Waals surface area contributed by atoms with E-state index in [9.17, 15) is 4.79 Å². The number of benzene rings is 2. The monoisotopic (exact) mass is 322 g/mol. The lowest BCUT2D eigenvalue weighted by Crippen LogP contribution is -2.40. The summed E-state index contributed by atoms with van der Waals surface area (Å²) in [4.78, 5) is 12.5. The molecule has 0 aliphatic heterocycles. The van der Waals surface area contributed by atoms with E-state index in [0.29, 0.717) is 18.0 Å². The van der Waals surface area contributed by atoms with Crippen LogP contribution >= 0.6 is 0 Å². The first kappa shape index (κ1) is 16.0. The van der Waals surface area contributed by atoms with Gasteiger partial charge >= 0.3 is 0 Å². The summed E-state index contributed by atoms with van der Waals surface area (Å²) in [7, 11) is 3.24. The fraction of sp³-hybridized carbons (Fsp3) is 0.200. The summed E-state index contributed by atoms with van der Waals surface area (Å²) in [5, 5.41) is 2.09. The van der Waals surface area contributed by atoms with Gasteiger partial charge in [-0.3, -0.25) is 4.79 Å². The molecule has 4 heteroatoms. The number of ketones is 1. The molecule has 0 aliphatic carbocycles. The van der Waals surface area contributed by atoms with Gasteiger partial charge in [0.1, 0.15) is 0 Å². The second kappa shape index (κ2) is 6.71. The molecule has 0 unspecified atom stereocenters. The van der Waals surface area contributed by atoms with Crippen molar-refractivity contribution in [3.63, 3.8) is 0 Å². The maximum absolute atomic E-state index is 12.5. The number of Topliss-reactive ketones (excluding diaryl/α,β-unsaturated/α-hetero) is 1. The van der Waals surface area contributed by atoms with Gasteiger partial charge in [-0.1, -0.05) is 30.3 Å². The van der Waals surface area contributed by atoms with Gasteiger partial charge in [0, 0.05) is 18.6 Å². The zero-order valence-corrected chi connectivity index (χ0v) is 14.1. The Labute approximate surface area is 141 Å². The van der Waals surface area contributed by atoms with Crippen LogP contribution < -0.4 is 14.0 Å². The van der Waals surface area contributed by atoms with Crippen molar-refractivity contribution in [1.29, 1.82) is 0 Å². The van der Waals surface area contributed by atoms with Crippen molar-refractivity contribution in [2.75, 3.05) is 14.2 Å². The molecule has 2 aromatic carbocycles. The fourth-order valence-electron chi connectivity index (χ4n) is 2.82. The molecule has 122 valence electrons. The summed E-state index contributed by atoms with van der Waals surface area (Å²) in [5.41, 5.74) is 1.73. The van der Waals surface area contributed by atoms with Gasteiger partial charge in [-0.15, -0.1) is 0 Å². The molecular weight excluding hydrogens is 302 g/mol. The topological polar surface area (TPSA) is 39.4 Å². The third-order valence-electron chi connectivity index (χ3n) is 4.22. The van der Waals surface area contributed by atoms with Crippen LogP contribution in [-0.2, 0) is 6.54 Å². The fourth-order valence-corrected chi connectivity index (χ4v) is 2.82. The largest absolute Gasteiger partial charge is 0.493 e. The zero-order chi connectivity index (χ0) is 17.1. The standard InChI is InChI=1S/C20H20NO3/c1-14-17-12-20(24-3)19(23-2)11-16(17)9-10-21(14)13-18(22)15-7-5-4-6-8-15/h4-12H,13H2,1-3H3/q+1. The summed E-state index contributed by atoms with van der Waals surface area (Å²) in [6.07, 6.45) is 1.93. The molecule has 1 heterocycles. The number of rotatable bonds is 5. The van der Waals surface area contributed by atoms with E-state index in [1.54, 1.807) is 14.2 Å². The highest BCUT2D eigenvalue weighted by atomic mass is 16.5. The molecule has 0 atom stereocenters. The molecule has 4 nitrogen and oxygen atoms in total. The average molecular weight is 322 g/mol. The van der Waals surface area contributed by atoms with Crippen LogP contribution in [0.4, 0.5) is 0 Å². The Morgan fingerprint density at radius 3 is 2.33 bits per heavy atom. The van der Waals surface area contributed by atoms with Gasteiger partial charge in [0.05, 0.1) is 19.6 Å². The second-order valence-corrected chi connectivity index (χ2v) is 5.61. The molecule has 0 N–H and O–H groups in total. The number of aromatic nitrogens is 1. The van der Waals surface area contributed by atoms with Crippen molar-refractivity contribution < 1.29 is 18.8 Å². The number of aryl methyl sites for hydroxylation is 1. The van der Waals surface area contributed by atoms with E-state index in [2.05, 4.69) is 0 Å². The summed E-state index contributed by atoms with van der Waals surface area (Å²) in [5.74, 6) is 1.46. The molecule has 0 amide bonds. The van der Waals surface area contributed by atoms with Crippen LogP contribution in [0.5, 0.6) is 11.5 Å². The molecule has 0 spiro atoms. The van der Waals surface area contributed by atoms with Gasteiger partial charge in [-0.2, -0.15) is 4.57 Å². The number of pyridine rings is 1. The summed E-state index contributed by atoms with van der Waals surface area (Å²) in [6, 6.07) is 15.2. The predicted molar refractivity (Wildman–Crippen MR) is 92.8 cm³/mol. The first-order valence-corrected chi connectivity index (χ1v) is 7.77. The number of carbonyl (C=O) groups excluding carboxylic acids is 1. The number of hydrogen-bond donors (Lipinski definition) is 0. The molecular formula is C20H20NO3+. The summed E-state index contributed by atoms with van der Waals surface area (Å²) < 4.78 is 12.7. The number of ether oxygens (including phenoxy) is 2. The molecule has 0 radical (unpaired) electrons. The third kappa shape index (κ3) is 2.95. The van der Waals surface area contributed by atoms with Crippen molar-refractivity contribution in [1.82, 2.24) is 0 Å². The molecule has 0 bridgehead atoms. The Balaban J connectivity index is 2.01. The minimum Gasteiger partial charge on any atom is -0.493 e. The molecule has 3 aromatic rings. The van der Waals surface area contributed by atoms with Crippen LogP contribution in [0.2, 0.25) is 0 Å². The van der Waals surface area contributed by atoms with Crippen molar-refractivity contribution in [2.24, 2.45) is 0 Å². The highest BCUT2D eigenvalue weighted by molar-refractivity contribution is 5.95. The van der Waals surface area contributed by atoms with Gasteiger partial charge in [-0.05, 0) is 17.5 Å². The number of nitrogens with zero attached hydrogens (tertiary/aromatic N) is 1. The van der Waals surface area contributed by atoms with Gasteiger partial charge in [0.2, 0.25) is 12.3 Å². The third-order valence-corrected chi connectivity index (χ3v) is 4.22. The zero-order valence-electron chi connectivity index (χ0n) is 14.1. The Morgan fingerprint density at radius 2 is 1.67 bits per heavy atom. The highest BCUT2D eigenvalue weighted by Gasteiger charge is 2.18. The number of fused-ring (bicyclic) bond motifs is 1. The molecule has 0 aliphatic rings. The van der Waals surface area contributed by atoms with E-state index in [0.717, 1.165) is 22.0 Å². The minimum absolute atomic E-state index is 0.0866. The highest BCUT2D eigenvalue weighted by Crippen LogP contribution is 2.32. The first-order chi connectivity index (χ1) is 11.6. The Hall–Kier alpha value is -2.88. The molecule has 24 heavy (non-hydrogen) atoms. The van der Waals surface area contributed by atoms with Crippen molar-refractivity contribution in [3.8, 4) is 11.5 Å². The van der Waals surface area contributed by atoms with Crippen LogP contribution in [0.25, 0.3) is 10.8 Å². The van der Waals surface area contributed by atoms with E-state index < -0.39 is 0 Å². The SMILES string of the molecule is COc1cc2cc[n+](CC(=O)c3ccccc3)c(C)c2cc1OC. The number of hydrogen-bond acceptors (Lipinski definition) is 3. The van der Waals surface area contributed by atoms with Crippen LogP contribution in [0.3, 0.4) is 0 Å². The lowest BCUT2D eigenvalue weighted by molar-refractivity contribution is -0.687. The van der Waals surface area contributed by atoms with E-state index in [1.165, 1.54) is 0 Å². The lowest BCUT2D eigenvalue weighted by Gasteiger charge is -2.10. The molecule has 0 saturated carbocycles. The van der Waals surface area contributed by atoms with Crippen LogP contribution in [0.1, 0.15) is 16.1 Å². The van der Waals surface area contributed by atoms with E-state index in [-0.39, 0.29) is 5.78 Å². The summed E-state index contributed by atoms with van der Waals surface area (Å²) in [6.45, 7) is 2.31. The maximum Gasteiger partial charge on any atom is 0.227 e. The van der Waals surface area contributed by atoms with E-state index >= 15 is 0 Å². The molecule has 1 aromatic heterocycles. The Morgan fingerprint density at radius 1 is 1.00 bits per heavy atom. The van der Waals surface area contributed by atoms with Crippen molar-refractivity contribution in [2.45, 2.75) is 13.5 Å². The van der Waals surface area contributed by atoms with Gasteiger partial charge in [-0.25, -0.2) is 0 Å². The Kier molecular flexibility index (Phi) is 4.47. The maximum atomic E-state index is 12.5. The van der Waals surface area contributed by atoms with Gasteiger partial charge < -0.3 is 9.47 Å². The second-order valence-electron chi connectivity index (χ2n) is 5.61. The van der Waals surface area contributed by atoms with Crippen molar-refractivity contribution in [3.05, 3.63) is 66.0 Å². The van der Waals surface area contributed by atoms with E-state index in [1.807, 2.05) is 66.2 Å². The average Bonchev–Trinajstić information content (AvgIpc) is 2.63. The molecule has 0 saturated heterocycles. The minimum atomic E-state index is 0.0866. The Bertz CT molecular complexity index is 888. The molecule has 3 rings (SSSR count). The van der Waals surface area contributed by atoms with Crippen molar-refractivity contribution >= 4 is 16.6 Å². The van der Waals surface area contributed by atoms with Crippen LogP contribution in [0.15, 0.2) is 54.7 Å². The summed E-state index contributed by atoms with van der Waals surface area (Å²) >= 11 is 0. The normalized spacial score (nSPS) is 10.6. The van der Waals surface area contributed by atoms with Gasteiger partial charge in [0.15, 0.2) is 23.4 Å². The van der Waals surface area contributed by atoms with E-state index in [4.69, 9.17) is 9.47 Å². The van der Waals surface area contributed by atoms with Crippen LogP contribution in [-0.4, -0.2) is 20.0 Å². The number of carbonyl (C=O) groups is 1. The first-order valence-electron chi connectivity index (χ1n) is 7.77. The lowest BCUT2D eigenvalue weighted by atomic mass is 10.1. The smallest absolute Gasteiger partial charge is 0.227 e. The quantitative estimate of drug-likeness (QED) is 0.534. The number of methoxy groups -OCH3 is 2. The van der Waals surface area contributed by atoms with Crippen LogP contribution in [0, 0.1) is 6.92 Å². The predicted octanol–water partition coefficient (Wildman–Crippen LogP) is 3.34.